The minimum absolute atomic E-state index is 0.0476. The molecule has 1 heterocycles. The van der Waals surface area contributed by atoms with Gasteiger partial charge in [0, 0.05) is 13.1 Å². The van der Waals surface area contributed by atoms with Crippen molar-refractivity contribution >= 4 is 35.8 Å². The largest absolute Gasteiger partial charge is 0.270 e. The highest BCUT2D eigenvalue weighted by Gasteiger charge is 2.28. The molecule has 9 nitrogen and oxygen atoms in total. The van der Waals surface area contributed by atoms with Gasteiger partial charge in [0.05, 0.1) is 21.2 Å². The van der Waals surface area contributed by atoms with Crippen molar-refractivity contribution in [1.82, 2.24) is 4.72 Å². The van der Waals surface area contributed by atoms with Gasteiger partial charge in [-0.2, -0.15) is 0 Å². The molecule has 0 atom stereocenters. The van der Waals surface area contributed by atoms with Gasteiger partial charge in [0.2, 0.25) is 30.1 Å². The van der Waals surface area contributed by atoms with E-state index in [2.05, 4.69) is 4.72 Å². The van der Waals surface area contributed by atoms with E-state index < -0.39 is 30.1 Å². The minimum Gasteiger partial charge on any atom is -0.270 e. The zero-order valence-corrected chi connectivity index (χ0v) is 19.6. The number of hydrogen-bond donors (Lipinski definition) is 2. The Kier molecular flexibility index (Phi) is 6.50. The number of aryl methyl sites for hydroxylation is 2. The lowest BCUT2D eigenvalue weighted by atomic mass is 10.1. The highest BCUT2D eigenvalue weighted by atomic mass is 32.2. The molecule has 0 bridgehead atoms. The van der Waals surface area contributed by atoms with Crippen LogP contribution in [0.3, 0.4) is 0 Å². The maximum Gasteiger partial charge on any atom is 0.241 e. The van der Waals surface area contributed by atoms with Gasteiger partial charge in [0.15, 0.2) is 0 Å². The Morgan fingerprint density at radius 1 is 1.00 bits per heavy atom. The van der Waals surface area contributed by atoms with E-state index >= 15 is 0 Å². The summed E-state index contributed by atoms with van der Waals surface area (Å²) in [5.74, 6) is 0.0807. The maximum absolute atomic E-state index is 12.9. The maximum atomic E-state index is 12.9. The number of benzene rings is 2. The number of rotatable bonds is 6. The third kappa shape index (κ3) is 5.26. The predicted octanol–water partition coefficient (Wildman–Crippen LogP) is 1.36. The van der Waals surface area contributed by atoms with E-state index in [9.17, 15) is 25.3 Å². The minimum atomic E-state index is -3.89. The summed E-state index contributed by atoms with van der Waals surface area (Å²) in [6.07, 6.45) is 1.37. The molecule has 3 rings (SSSR count). The van der Waals surface area contributed by atoms with Crippen molar-refractivity contribution in [3.8, 4) is 0 Å². The molecular weight excluding hydrogens is 462 g/mol. The number of hydrogen-bond acceptors (Lipinski definition) is 6. The van der Waals surface area contributed by atoms with Gasteiger partial charge in [-0.25, -0.2) is 35.1 Å². The standard InChI is InChI=1S/C19H25N3O6S3/c1-14-12-19(15(2)11-18(14)22-9-3-4-10-29(22,23)24)31(27,28)21-13-16-5-7-17(8-6-16)30(20,25)26/h5-8,11-12,21H,3-4,9-10,13H2,1-2H3,(H2,20,25,26). The molecule has 170 valence electrons. The molecule has 0 saturated carbocycles. The lowest BCUT2D eigenvalue weighted by Crippen LogP contribution is -2.38. The molecular formula is C19H25N3O6S3. The van der Waals surface area contributed by atoms with E-state index in [1.165, 1.54) is 34.6 Å². The van der Waals surface area contributed by atoms with Crippen LogP contribution in [0.4, 0.5) is 5.69 Å². The molecule has 12 heteroatoms. The second-order valence-electron chi connectivity index (χ2n) is 7.51. The summed E-state index contributed by atoms with van der Waals surface area (Å²) in [6.45, 7) is 3.63. The van der Waals surface area contributed by atoms with Crippen LogP contribution < -0.4 is 14.2 Å². The van der Waals surface area contributed by atoms with Gasteiger partial charge >= 0.3 is 0 Å². The molecule has 2 aromatic carbocycles. The van der Waals surface area contributed by atoms with Gasteiger partial charge in [0.1, 0.15) is 0 Å². The van der Waals surface area contributed by atoms with Gasteiger partial charge in [-0.1, -0.05) is 12.1 Å². The van der Waals surface area contributed by atoms with Crippen LogP contribution >= 0.6 is 0 Å². The summed E-state index contributed by atoms with van der Waals surface area (Å²) in [6, 6.07) is 8.63. The molecule has 0 amide bonds. The van der Waals surface area contributed by atoms with E-state index in [4.69, 9.17) is 5.14 Å². The van der Waals surface area contributed by atoms with Crippen molar-refractivity contribution < 1.29 is 25.3 Å². The predicted molar refractivity (Wildman–Crippen MR) is 118 cm³/mol. The van der Waals surface area contributed by atoms with Crippen molar-refractivity contribution in [1.29, 1.82) is 0 Å². The fourth-order valence-corrected chi connectivity index (χ4v) is 6.98. The van der Waals surface area contributed by atoms with Gasteiger partial charge in [-0.15, -0.1) is 0 Å². The van der Waals surface area contributed by atoms with Crippen LogP contribution in [-0.2, 0) is 36.6 Å². The van der Waals surface area contributed by atoms with E-state index in [0.29, 0.717) is 35.3 Å². The Bertz CT molecular complexity index is 1300. The summed E-state index contributed by atoms with van der Waals surface area (Å²) < 4.78 is 77.1. The fourth-order valence-electron chi connectivity index (χ4n) is 3.45. The Morgan fingerprint density at radius 3 is 2.23 bits per heavy atom. The number of anilines is 1. The Labute approximate surface area is 183 Å². The molecule has 0 aromatic heterocycles. The van der Waals surface area contributed by atoms with Gasteiger partial charge in [-0.3, -0.25) is 4.31 Å². The molecule has 0 radical (unpaired) electrons. The van der Waals surface area contributed by atoms with Gasteiger partial charge in [-0.05, 0) is 67.6 Å². The van der Waals surface area contributed by atoms with Crippen molar-refractivity contribution in [3.05, 3.63) is 53.1 Å². The Balaban J connectivity index is 1.84. The van der Waals surface area contributed by atoms with Crippen LogP contribution in [0.5, 0.6) is 0 Å². The highest BCUT2D eigenvalue weighted by Crippen LogP contribution is 2.31. The summed E-state index contributed by atoms with van der Waals surface area (Å²) in [5, 5.41) is 5.06. The van der Waals surface area contributed by atoms with Gasteiger partial charge < -0.3 is 0 Å². The van der Waals surface area contributed by atoms with Crippen LogP contribution in [-0.4, -0.2) is 37.6 Å². The quantitative estimate of drug-likeness (QED) is 0.630. The van der Waals surface area contributed by atoms with E-state index in [0.717, 1.165) is 6.42 Å². The van der Waals surface area contributed by atoms with Crippen molar-refractivity contribution in [2.75, 3.05) is 16.6 Å². The molecule has 3 N–H and O–H groups in total. The smallest absolute Gasteiger partial charge is 0.241 e. The van der Waals surface area contributed by atoms with Crippen LogP contribution in [0, 0.1) is 13.8 Å². The first kappa shape index (κ1) is 23.7. The summed E-state index contributed by atoms with van der Waals surface area (Å²) in [7, 11) is -11.1. The molecule has 1 aliphatic rings. The zero-order chi connectivity index (χ0) is 23.0. The third-order valence-electron chi connectivity index (χ3n) is 5.12. The lowest BCUT2D eigenvalue weighted by molar-refractivity contribution is 0.574. The highest BCUT2D eigenvalue weighted by molar-refractivity contribution is 7.92. The summed E-state index contributed by atoms with van der Waals surface area (Å²) in [5.41, 5.74) is 2.03. The van der Waals surface area contributed by atoms with Gasteiger partial charge in [0.25, 0.3) is 0 Å². The average Bonchev–Trinajstić information content (AvgIpc) is 2.67. The van der Waals surface area contributed by atoms with Crippen LogP contribution in [0.2, 0.25) is 0 Å². The molecule has 2 aromatic rings. The van der Waals surface area contributed by atoms with Crippen molar-refractivity contribution in [2.24, 2.45) is 5.14 Å². The second kappa shape index (κ2) is 8.51. The second-order valence-corrected chi connectivity index (χ2v) is 12.8. The van der Waals surface area contributed by atoms with Crippen LogP contribution in [0.1, 0.15) is 29.5 Å². The average molecular weight is 488 g/mol. The van der Waals surface area contributed by atoms with Crippen molar-refractivity contribution in [2.45, 2.75) is 43.0 Å². The van der Waals surface area contributed by atoms with E-state index in [1.54, 1.807) is 19.9 Å². The topological polar surface area (TPSA) is 144 Å². The molecule has 1 aliphatic heterocycles. The monoisotopic (exact) mass is 487 g/mol. The lowest BCUT2D eigenvalue weighted by Gasteiger charge is -2.30. The Hall–Kier alpha value is -1.99. The summed E-state index contributed by atoms with van der Waals surface area (Å²) >= 11 is 0. The van der Waals surface area contributed by atoms with E-state index in [1.807, 2.05) is 0 Å². The molecule has 0 aliphatic carbocycles. The number of nitrogens with zero attached hydrogens (tertiary/aromatic N) is 1. The molecule has 0 unspecified atom stereocenters. The molecule has 1 saturated heterocycles. The normalized spacial score (nSPS) is 16.9. The number of nitrogens with one attached hydrogen (secondary N) is 1. The van der Waals surface area contributed by atoms with E-state index in [-0.39, 0.29) is 22.1 Å². The van der Waals surface area contributed by atoms with Crippen LogP contribution in [0.25, 0.3) is 0 Å². The SMILES string of the molecule is Cc1cc(S(=O)(=O)NCc2ccc(S(N)(=O)=O)cc2)c(C)cc1N1CCCCS1(=O)=O. The first-order chi connectivity index (χ1) is 14.3. The Morgan fingerprint density at radius 2 is 1.65 bits per heavy atom. The first-order valence-corrected chi connectivity index (χ1v) is 14.2. The fraction of sp³-hybridized carbons (Fsp3) is 0.368. The molecule has 31 heavy (non-hydrogen) atoms. The molecule has 0 spiro atoms. The zero-order valence-electron chi connectivity index (χ0n) is 17.2. The molecule has 1 fully saturated rings. The number of primary sulfonamides is 1. The van der Waals surface area contributed by atoms with Crippen LogP contribution in [0.15, 0.2) is 46.2 Å². The summed E-state index contributed by atoms with van der Waals surface area (Å²) in [4.78, 5) is -0.00172. The number of sulfonamides is 3. The van der Waals surface area contributed by atoms with Crippen molar-refractivity contribution in [3.63, 3.8) is 0 Å². The third-order valence-corrected chi connectivity index (χ3v) is 9.45. The number of nitrogens with two attached hydrogens (primary N) is 1. The first-order valence-electron chi connectivity index (χ1n) is 9.54.